The Morgan fingerprint density at radius 2 is 1.86 bits per heavy atom. The van der Waals surface area contributed by atoms with Crippen molar-refractivity contribution in [3.63, 3.8) is 0 Å². The molecule has 1 aliphatic rings. The predicted octanol–water partition coefficient (Wildman–Crippen LogP) is 4.10. The topological polar surface area (TPSA) is 46.3 Å². The van der Waals surface area contributed by atoms with Crippen molar-refractivity contribution in [3.8, 4) is 0 Å². The molecular weight excluding hydrogens is 336 g/mol. The van der Waals surface area contributed by atoms with Crippen LogP contribution < -0.4 is 5.73 Å². The quantitative estimate of drug-likeness (QED) is 0.716. The molecule has 0 unspecified atom stereocenters. The molecule has 0 atom stereocenters. The molecule has 6 heteroatoms. The van der Waals surface area contributed by atoms with Gasteiger partial charge in [0.15, 0.2) is 0 Å². The molecule has 1 fully saturated rings. The van der Waals surface area contributed by atoms with Crippen molar-refractivity contribution in [1.29, 1.82) is 0 Å². The lowest BCUT2D eigenvalue weighted by Crippen LogP contribution is -2.42. The average Bonchev–Trinajstić information content (AvgIpc) is 3.05. The highest BCUT2D eigenvalue weighted by Crippen LogP contribution is 2.39. The molecule has 0 saturated carbocycles. The van der Waals surface area contributed by atoms with Crippen LogP contribution in [-0.4, -0.2) is 29.9 Å². The van der Waals surface area contributed by atoms with E-state index in [1.807, 2.05) is 4.90 Å². The van der Waals surface area contributed by atoms with Crippen molar-refractivity contribution >= 4 is 60.5 Å². The van der Waals surface area contributed by atoms with E-state index in [-0.39, 0.29) is 24.4 Å². The number of rotatable bonds is 1. The second kappa shape index (κ2) is 6.16. The minimum Gasteiger partial charge on any atom is -0.338 e. The molecule has 0 bridgehead atoms. The lowest BCUT2D eigenvalue weighted by molar-refractivity contribution is 0.0720. The Labute approximate surface area is 143 Å². The number of nitrogens with two attached hydrogens (primary N) is 1. The van der Waals surface area contributed by atoms with Gasteiger partial charge in [-0.25, -0.2) is 0 Å². The van der Waals surface area contributed by atoms with Gasteiger partial charge in [0.2, 0.25) is 0 Å². The van der Waals surface area contributed by atoms with Gasteiger partial charge in [-0.2, -0.15) is 0 Å². The fourth-order valence-electron chi connectivity index (χ4n) is 2.86. The van der Waals surface area contributed by atoms with Gasteiger partial charge in [0, 0.05) is 33.9 Å². The minimum atomic E-state index is 0. The summed E-state index contributed by atoms with van der Waals surface area (Å²) in [6, 6.07) is 10.7. The number of benzene rings is 1. The van der Waals surface area contributed by atoms with Crippen LogP contribution in [0.4, 0.5) is 0 Å². The normalized spacial score (nSPS) is 16.1. The molecule has 1 aliphatic heterocycles. The number of thiophene rings is 2. The molecule has 3 aromatic rings. The van der Waals surface area contributed by atoms with Gasteiger partial charge in [0.1, 0.15) is 0 Å². The zero-order valence-electron chi connectivity index (χ0n) is 12.0. The summed E-state index contributed by atoms with van der Waals surface area (Å²) in [5.74, 6) is 0.166. The lowest BCUT2D eigenvalue weighted by atomic mass is 10.1. The first kappa shape index (κ1) is 15.7. The number of hydrogen-bond donors (Lipinski definition) is 1. The summed E-state index contributed by atoms with van der Waals surface area (Å²) in [5.41, 5.74) is 5.91. The van der Waals surface area contributed by atoms with Crippen molar-refractivity contribution in [2.24, 2.45) is 5.73 Å². The third-order valence-electron chi connectivity index (χ3n) is 4.09. The van der Waals surface area contributed by atoms with E-state index < -0.39 is 0 Å². The van der Waals surface area contributed by atoms with Crippen LogP contribution in [0, 0.1) is 0 Å². The van der Waals surface area contributed by atoms with E-state index in [4.69, 9.17) is 5.73 Å². The van der Waals surface area contributed by atoms with Crippen molar-refractivity contribution in [3.05, 3.63) is 35.2 Å². The highest BCUT2D eigenvalue weighted by molar-refractivity contribution is 7.33. The van der Waals surface area contributed by atoms with Crippen LogP contribution in [0.3, 0.4) is 0 Å². The first-order valence-corrected chi connectivity index (χ1v) is 8.81. The minimum absolute atomic E-state index is 0. The van der Waals surface area contributed by atoms with E-state index >= 15 is 0 Å². The van der Waals surface area contributed by atoms with Crippen molar-refractivity contribution in [2.75, 3.05) is 13.1 Å². The SMILES string of the molecule is Cl.NC1CCN(C(=O)c2cc3sc4ccccc4c3s2)CC1. The smallest absolute Gasteiger partial charge is 0.263 e. The standard InChI is InChI=1S/C16H16N2OS2.ClH/c17-10-5-7-18(8-6-10)16(19)14-9-13-15(21-14)11-3-1-2-4-12(11)20-13;/h1-4,9-10H,5-8,17H2;1H. The van der Waals surface area contributed by atoms with E-state index in [1.54, 1.807) is 22.7 Å². The van der Waals surface area contributed by atoms with Gasteiger partial charge < -0.3 is 10.6 Å². The second-order valence-corrected chi connectivity index (χ2v) is 7.67. The number of amides is 1. The summed E-state index contributed by atoms with van der Waals surface area (Å²) < 4.78 is 3.76. The van der Waals surface area contributed by atoms with Crippen LogP contribution in [0.1, 0.15) is 22.5 Å². The van der Waals surface area contributed by atoms with Crippen LogP contribution in [0.15, 0.2) is 30.3 Å². The molecule has 2 aromatic heterocycles. The summed E-state index contributed by atoms with van der Waals surface area (Å²) >= 11 is 3.39. The van der Waals surface area contributed by atoms with Crippen molar-refractivity contribution < 1.29 is 4.79 Å². The van der Waals surface area contributed by atoms with E-state index in [1.165, 1.54) is 19.5 Å². The third-order valence-corrected chi connectivity index (χ3v) is 6.49. The molecule has 0 radical (unpaired) electrons. The molecule has 0 spiro atoms. The zero-order valence-corrected chi connectivity index (χ0v) is 14.4. The van der Waals surface area contributed by atoms with Gasteiger partial charge in [0.05, 0.1) is 9.58 Å². The Balaban J connectivity index is 0.00000144. The number of carbonyl (C=O) groups is 1. The van der Waals surface area contributed by atoms with Gasteiger partial charge in [-0.05, 0) is 25.0 Å². The zero-order chi connectivity index (χ0) is 14.4. The summed E-state index contributed by atoms with van der Waals surface area (Å²) in [6.45, 7) is 1.57. The molecule has 1 aromatic carbocycles. The van der Waals surface area contributed by atoms with E-state index in [0.29, 0.717) is 0 Å². The van der Waals surface area contributed by atoms with Crippen molar-refractivity contribution in [1.82, 2.24) is 4.90 Å². The summed E-state index contributed by atoms with van der Waals surface area (Å²) in [7, 11) is 0. The molecule has 22 heavy (non-hydrogen) atoms. The van der Waals surface area contributed by atoms with E-state index in [2.05, 4.69) is 30.3 Å². The Bertz CT molecular complexity index is 818. The Kier molecular flexibility index (Phi) is 4.41. The molecule has 2 N–H and O–H groups in total. The maximum Gasteiger partial charge on any atom is 0.263 e. The monoisotopic (exact) mass is 352 g/mol. The molecule has 3 heterocycles. The maximum absolute atomic E-state index is 12.6. The summed E-state index contributed by atoms with van der Waals surface area (Å²) in [5, 5.41) is 1.27. The first-order valence-electron chi connectivity index (χ1n) is 7.18. The first-order chi connectivity index (χ1) is 10.2. The Morgan fingerprint density at radius 1 is 1.14 bits per heavy atom. The molecule has 4 rings (SSSR count). The Hall–Kier alpha value is -1.14. The van der Waals surface area contributed by atoms with Gasteiger partial charge in [-0.1, -0.05) is 18.2 Å². The lowest BCUT2D eigenvalue weighted by Gasteiger charge is -2.29. The summed E-state index contributed by atoms with van der Waals surface area (Å²) in [4.78, 5) is 15.4. The molecule has 1 saturated heterocycles. The average molecular weight is 353 g/mol. The van der Waals surface area contributed by atoms with E-state index in [9.17, 15) is 4.79 Å². The van der Waals surface area contributed by atoms with Gasteiger partial charge in [-0.15, -0.1) is 35.1 Å². The van der Waals surface area contributed by atoms with Crippen LogP contribution in [0.5, 0.6) is 0 Å². The Morgan fingerprint density at radius 3 is 2.64 bits per heavy atom. The number of piperidine rings is 1. The number of hydrogen-bond acceptors (Lipinski definition) is 4. The highest BCUT2D eigenvalue weighted by Gasteiger charge is 2.23. The number of fused-ring (bicyclic) bond motifs is 3. The number of halogens is 1. The van der Waals surface area contributed by atoms with Crippen molar-refractivity contribution in [2.45, 2.75) is 18.9 Å². The van der Waals surface area contributed by atoms with Crippen LogP contribution in [0.2, 0.25) is 0 Å². The molecule has 116 valence electrons. The summed E-state index contributed by atoms with van der Waals surface area (Å²) in [6.07, 6.45) is 1.82. The number of likely N-dealkylation sites (tertiary alicyclic amines) is 1. The van der Waals surface area contributed by atoms with Crippen LogP contribution in [0.25, 0.3) is 19.5 Å². The van der Waals surface area contributed by atoms with E-state index in [0.717, 1.165) is 30.8 Å². The fraction of sp³-hybridized carbons (Fsp3) is 0.312. The predicted molar refractivity (Wildman–Crippen MR) is 97.6 cm³/mol. The molecule has 1 amide bonds. The van der Waals surface area contributed by atoms with Crippen LogP contribution in [-0.2, 0) is 0 Å². The van der Waals surface area contributed by atoms with Gasteiger partial charge >= 0.3 is 0 Å². The molecular formula is C16H17ClN2OS2. The van der Waals surface area contributed by atoms with Gasteiger partial charge in [-0.3, -0.25) is 4.79 Å². The second-order valence-electron chi connectivity index (χ2n) is 5.53. The van der Waals surface area contributed by atoms with Crippen LogP contribution >= 0.6 is 35.1 Å². The largest absolute Gasteiger partial charge is 0.338 e. The molecule has 3 nitrogen and oxygen atoms in total. The molecule has 0 aliphatic carbocycles. The number of carbonyl (C=O) groups excluding carboxylic acids is 1. The maximum atomic E-state index is 12.6. The number of nitrogens with zero attached hydrogens (tertiary/aromatic N) is 1. The highest BCUT2D eigenvalue weighted by atomic mass is 35.5. The fourth-order valence-corrected chi connectivity index (χ4v) is 5.36. The third kappa shape index (κ3) is 2.63. The van der Waals surface area contributed by atoms with Gasteiger partial charge in [0.25, 0.3) is 5.91 Å².